The van der Waals surface area contributed by atoms with Crippen LogP contribution in [0.5, 0.6) is 0 Å². The van der Waals surface area contributed by atoms with Gasteiger partial charge in [0.05, 0.1) is 18.8 Å². The van der Waals surface area contributed by atoms with Crippen molar-refractivity contribution in [2.75, 3.05) is 39.3 Å². The summed E-state index contributed by atoms with van der Waals surface area (Å²) in [6, 6.07) is 25.2. The Morgan fingerprint density at radius 1 is 0.936 bits per heavy atom. The summed E-state index contributed by atoms with van der Waals surface area (Å²) in [6.07, 6.45) is 5.51. The van der Waals surface area contributed by atoms with Crippen LogP contribution in [0.25, 0.3) is 11.1 Å². The minimum absolute atomic E-state index is 0.00523. The molecule has 6 rings (SSSR count). The minimum atomic E-state index is -0.525. The summed E-state index contributed by atoms with van der Waals surface area (Å²) >= 11 is 0. The first-order chi connectivity index (χ1) is 23.0. The predicted molar refractivity (Wildman–Crippen MR) is 184 cm³/mol. The number of aliphatic hydroxyl groups excluding tert-OH is 1. The maximum atomic E-state index is 11.9. The molecule has 5 atom stereocenters. The van der Waals surface area contributed by atoms with Crippen LogP contribution in [0.4, 0.5) is 4.79 Å². The number of hydrogen-bond donors (Lipinski definition) is 2. The molecular weight excluding hydrogens is 590 g/mol. The highest BCUT2D eigenvalue weighted by Crippen LogP contribution is 2.43. The Morgan fingerprint density at radius 3 is 2.47 bits per heavy atom. The van der Waals surface area contributed by atoms with Gasteiger partial charge in [-0.3, -0.25) is 4.90 Å². The van der Waals surface area contributed by atoms with Gasteiger partial charge in [-0.25, -0.2) is 4.79 Å². The van der Waals surface area contributed by atoms with Crippen molar-refractivity contribution in [1.29, 1.82) is 0 Å². The van der Waals surface area contributed by atoms with Crippen molar-refractivity contribution in [1.82, 2.24) is 15.1 Å². The van der Waals surface area contributed by atoms with E-state index in [0.29, 0.717) is 12.6 Å². The highest BCUT2D eigenvalue weighted by atomic mass is 16.7. The summed E-state index contributed by atoms with van der Waals surface area (Å²) in [5.41, 5.74) is 6.04. The van der Waals surface area contributed by atoms with E-state index in [1.807, 2.05) is 24.3 Å². The van der Waals surface area contributed by atoms with Crippen molar-refractivity contribution in [2.24, 2.45) is 5.92 Å². The average molecular weight is 640 g/mol. The van der Waals surface area contributed by atoms with Crippen molar-refractivity contribution in [3.05, 3.63) is 108 Å². The summed E-state index contributed by atoms with van der Waals surface area (Å²) in [5.74, 6) is 0.143. The molecular formula is C39H49N3O5. The first-order valence-electron chi connectivity index (χ1n) is 17.2. The van der Waals surface area contributed by atoms with Gasteiger partial charge in [0.15, 0.2) is 6.29 Å². The fraction of sp³-hybridized carbons (Fsp3) is 0.462. The number of aliphatic hydroxyl groups is 1. The molecule has 250 valence electrons. The van der Waals surface area contributed by atoms with Gasteiger partial charge in [-0.2, -0.15) is 0 Å². The Labute approximate surface area is 279 Å². The number of carbonyl (C=O) groups excluding carboxylic acids is 1. The van der Waals surface area contributed by atoms with E-state index in [0.717, 1.165) is 53.0 Å². The van der Waals surface area contributed by atoms with Crippen LogP contribution in [0.15, 0.2) is 85.5 Å². The number of likely N-dealkylation sites (tertiary alicyclic amines) is 2. The second-order valence-electron chi connectivity index (χ2n) is 13.2. The number of hydrogen-bond acceptors (Lipinski definition) is 7. The molecule has 3 aliphatic heterocycles. The van der Waals surface area contributed by atoms with Crippen LogP contribution < -0.4 is 5.32 Å². The van der Waals surface area contributed by atoms with E-state index in [-0.39, 0.29) is 31.3 Å². The lowest BCUT2D eigenvalue weighted by atomic mass is 9.89. The monoisotopic (exact) mass is 639 g/mol. The Balaban J connectivity index is 1.22. The van der Waals surface area contributed by atoms with Gasteiger partial charge in [-0.05, 0) is 85.3 Å². The van der Waals surface area contributed by atoms with Crippen LogP contribution in [0, 0.1) is 5.92 Å². The quantitative estimate of drug-likeness (QED) is 0.216. The SMILES string of the molecule is C=CCOC(=O)NCc1cccc(-c2cccc([C@H]3O[C@@H](CN4CCC[C@H]4CN4CCCC4)[C@@H](C)[C@@H](c4ccc(CO)cc4)O3)c2)c1. The van der Waals surface area contributed by atoms with E-state index < -0.39 is 12.4 Å². The maximum absolute atomic E-state index is 11.9. The molecule has 0 radical (unpaired) electrons. The van der Waals surface area contributed by atoms with E-state index in [1.54, 1.807) is 6.08 Å². The number of alkyl carbamates (subject to hydrolysis) is 1. The number of benzene rings is 3. The maximum Gasteiger partial charge on any atom is 0.407 e. The number of carbonyl (C=O) groups is 1. The molecule has 0 unspecified atom stereocenters. The van der Waals surface area contributed by atoms with Crippen molar-refractivity contribution in [2.45, 2.75) is 70.3 Å². The molecule has 3 fully saturated rings. The normalized spacial score (nSPS) is 25.1. The second-order valence-corrected chi connectivity index (χ2v) is 13.2. The standard InChI is InChI=1S/C39H49N3O5/c1-3-21-45-39(44)40-24-30-9-6-10-32(22-30)33-11-7-12-34(23-33)38-46-36(26-42-20-8-13-35(42)25-41-18-4-5-19-41)28(2)37(47-38)31-16-14-29(27-43)15-17-31/h3,6-7,9-12,14-17,22-23,28,35-38,43H,1,4-5,8,13,18-21,24-27H2,2H3,(H,40,44)/t28-,35+,36+,37+,38+/m1/s1. The fourth-order valence-electron chi connectivity index (χ4n) is 7.25. The molecule has 47 heavy (non-hydrogen) atoms. The van der Waals surface area contributed by atoms with Crippen LogP contribution in [0.2, 0.25) is 0 Å². The predicted octanol–water partition coefficient (Wildman–Crippen LogP) is 6.61. The number of rotatable bonds is 12. The van der Waals surface area contributed by atoms with Crippen LogP contribution in [0.3, 0.4) is 0 Å². The summed E-state index contributed by atoms with van der Waals surface area (Å²) in [7, 11) is 0. The minimum Gasteiger partial charge on any atom is -0.445 e. The van der Waals surface area contributed by atoms with Gasteiger partial charge in [0.2, 0.25) is 0 Å². The summed E-state index contributed by atoms with van der Waals surface area (Å²) in [4.78, 5) is 17.2. The number of nitrogens with zero attached hydrogens (tertiary/aromatic N) is 2. The summed E-state index contributed by atoms with van der Waals surface area (Å²) in [5, 5.41) is 12.4. The number of amides is 1. The zero-order chi connectivity index (χ0) is 32.6. The van der Waals surface area contributed by atoms with Crippen LogP contribution in [0.1, 0.15) is 67.3 Å². The van der Waals surface area contributed by atoms with Gasteiger partial charge in [-0.15, -0.1) is 0 Å². The average Bonchev–Trinajstić information content (AvgIpc) is 3.80. The van der Waals surface area contributed by atoms with Gasteiger partial charge in [-0.1, -0.05) is 80.2 Å². The molecule has 0 saturated carbocycles. The Bertz CT molecular complexity index is 1470. The van der Waals surface area contributed by atoms with Crippen molar-refractivity contribution in [3.63, 3.8) is 0 Å². The highest BCUT2D eigenvalue weighted by Gasteiger charge is 2.41. The van der Waals surface area contributed by atoms with Crippen molar-refractivity contribution in [3.8, 4) is 11.1 Å². The van der Waals surface area contributed by atoms with E-state index in [4.69, 9.17) is 14.2 Å². The molecule has 0 spiro atoms. The molecule has 0 aliphatic carbocycles. The van der Waals surface area contributed by atoms with Crippen LogP contribution in [-0.2, 0) is 27.4 Å². The highest BCUT2D eigenvalue weighted by molar-refractivity contribution is 5.68. The van der Waals surface area contributed by atoms with E-state index in [9.17, 15) is 9.90 Å². The molecule has 1 amide bonds. The molecule has 3 heterocycles. The third-order valence-electron chi connectivity index (χ3n) is 9.89. The first-order valence-corrected chi connectivity index (χ1v) is 17.2. The molecule has 3 aliphatic rings. The lowest BCUT2D eigenvalue weighted by Gasteiger charge is -2.43. The molecule has 8 nitrogen and oxygen atoms in total. The van der Waals surface area contributed by atoms with E-state index in [2.05, 4.69) is 77.2 Å². The third kappa shape index (κ3) is 8.50. The van der Waals surface area contributed by atoms with Gasteiger partial charge < -0.3 is 29.5 Å². The summed E-state index contributed by atoms with van der Waals surface area (Å²) < 4.78 is 18.7. The topological polar surface area (TPSA) is 83.5 Å². The van der Waals surface area contributed by atoms with Crippen LogP contribution in [-0.4, -0.2) is 72.5 Å². The van der Waals surface area contributed by atoms with Gasteiger partial charge in [0.25, 0.3) is 0 Å². The zero-order valence-corrected chi connectivity index (χ0v) is 27.6. The molecule has 8 heteroatoms. The number of ether oxygens (including phenoxy) is 3. The number of nitrogens with one attached hydrogen (secondary N) is 1. The fourth-order valence-corrected chi connectivity index (χ4v) is 7.25. The van der Waals surface area contributed by atoms with Gasteiger partial charge in [0, 0.05) is 37.2 Å². The second kappa shape index (κ2) is 16.0. The third-order valence-corrected chi connectivity index (χ3v) is 9.89. The molecule has 3 aromatic carbocycles. The van der Waals surface area contributed by atoms with Crippen molar-refractivity contribution >= 4 is 6.09 Å². The van der Waals surface area contributed by atoms with Crippen molar-refractivity contribution < 1.29 is 24.1 Å². The largest absolute Gasteiger partial charge is 0.445 e. The first kappa shape index (κ1) is 33.4. The van der Waals surface area contributed by atoms with Crippen LogP contribution >= 0.6 is 0 Å². The molecule has 0 bridgehead atoms. The smallest absolute Gasteiger partial charge is 0.407 e. The molecule has 2 N–H and O–H groups in total. The molecule has 3 aromatic rings. The van der Waals surface area contributed by atoms with Gasteiger partial charge >= 0.3 is 6.09 Å². The van der Waals surface area contributed by atoms with E-state index >= 15 is 0 Å². The van der Waals surface area contributed by atoms with Gasteiger partial charge in [0.1, 0.15) is 6.61 Å². The lowest BCUT2D eigenvalue weighted by molar-refractivity contribution is -0.276. The molecule has 3 saturated heterocycles. The lowest BCUT2D eigenvalue weighted by Crippen LogP contribution is -2.48. The van der Waals surface area contributed by atoms with E-state index in [1.165, 1.54) is 38.8 Å². The Kier molecular flexibility index (Phi) is 11.4. The Morgan fingerprint density at radius 2 is 1.70 bits per heavy atom. The summed E-state index contributed by atoms with van der Waals surface area (Å²) in [6.45, 7) is 12.0. The molecule has 0 aromatic heterocycles. The Hall–Kier alpha value is -3.53. The zero-order valence-electron chi connectivity index (χ0n) is 27.6.